The van der Waals surface area contributed by atoms with Crippen LogP contribution in [0.2, 0.25) is 10.0 Å². The Kier molecular flexibility index (Phi) is 4.15. The van der Waals surface area contributed by atoms with Crippen LogP contribution in [0.3, 0.4) is 0 Å². The monoisotopic (exact) mass is 373 g/mol. The number of Topliss-reactive ketones (excluding diaryl/α,β-unsaturated/α-hetero) is 1. The Hall–Kier alpha value is -2.44. The number of ketones is 1. The number of halogens is 2. The molecule has 0 aliphatic heterocycles. The van der Waals surface area contributed by atoms with Gasteiger partial charge in [-0.1, -0.05) is 23.2 Å². The number of anilines is 2. The van der Waals surface area contributed by atoms with Crippen LogP contribution in [-0.4, -0.2) is 25.5 Å². The van der Waals surface area contributed by atoms with Crippen molar-refractivity contribution in [2.75, 3.05) is 5.32 Å². The van der Waals surface area contributed by atoms with E-state index in [4.69, 9.17) is 23.2 Å². The highest BCUT2D eigenvalue weighted by Gasteiger charge is 2.28. The van der Waals surface area contributed by atoms with Crippen LogP contribution in [0.1, 0.15) is 28.9 Å². The number of aromatic nitrogens is 4. The zero-order chi connectivity index (χ0) is 17.4. The fourth-order valence-corrected chi connectivity index (χ4v) is 3.18. The molecule has 1 aliphatic carbocycles. The van der Waals surface area contributed by atoms with Gasteiger partial charge >= 0.3 is 0 Å². The summed E-state index contributed by atoms with van der Waals surface area (Å²) in [5.74, 6) is 0.979. The molecule has 0 amide bonds. The highest BCUT2D eigenvalue weighted by atomic mass is 35.5. The lowest BCUT2D eigenvalue weighted by atomic mass is 9.96. The van der Waals surface area contributed by atoms with E-state index in [0.717, 1.165) is 18.5 Å². The molecule has 25 heavy (non-hydrogen) atoms. The van der Waals surface area contributed by atoms with Gasteiger partial charge in [-0.25, -0.2) is 14.6 Å². The van der Waals surface area contributed by atoms with Crippen molar-refractivity contribution in [3.63, 3.8) is 0 Å². The molecule has 1 aliphatic rings. The summed E-state index contributed by atoms with van der Waals surface area (Å²) in [4.78, 5) is 21.0. The maximum atomic E-state index is 12.5. The van der Waals surface area contributed by atoms with Gasteiger partial charge in [-0.05, 0) is 37.1 Å². The molecule has 8 heteroatoms. The third-order valence-electron chi connectivity index (χ3n) is 4.00. The van der Waals surface area contributed by atoms with E-state index in [-0.39, 0.29) is 5.78 Å². The lowest BCUT2D eigenvalue weighted by Crippen LogP contribution is -2.14. The molecule has 126 valence electrons. The summed E-state index contributed by atoms with van der Waals surface area (Å²) in [6, 6.07) is 6.91. The number of carbonyl (C=O) groups excluding carboxylic acids is 1. The van der Waals surface area contributed by atoms with E-state index in [1.807, 2.05) is 0 Å². The molecule has 0 saturated carbocycles. The molecule has 0 fully saturated rings. The van der Waals surface area contributed by atoms with E-state index in [0.29, 0.717) is 39.5 Å². The second kappa shape index (κ2) is 6.46. The third kappa shape index (κ3) is 2.99. The summed E-state index contributed by atoms with van der Waals surface area (Å²) in [6.07, 6.45) is 5.33. The van der Waals surface area contributed by atoms with E-state index >= 15 is 0 Å². The van der Waals surface area contributed by atoms with Gasteiger partial charge in [0, 0.05) is 24.5 Å². The van der Waals surface area contributed by atoms with E-state index in [1.165, 1.54) is 0 Å². The number of hydrogen-bond acceptors (Lipinski definition) is 5. The lowest BCUT2D eigenvalue weighted by molar-refractivity contribution is 0.0973. The third-order valence-corrected chi connectivity index (χ3v) is 4.74. The maximum absolute atomic E-state index is 12.5. The topological polar surface area (TPSA) is 72.7 Å². The minimum atomic E-state index is 0.0611. The molecule has 3 aromatic rings. The first-order chi connectivity index (χ1) is 12.1. The molecule has 4 rings (SSSR count). The predicted octanol–water partition coefficient (Wildman–Crippen LogP) is 4.23. The molecule has 0 spiro atoms. The van der Waals surface area contributed by atoms with Gasteiger partial charge in [-0.3, -0.25) is 4.79 Å². The largest absolute Gasteiger partial charge is 0.338 e. The fourth-order valence-electron chi connectivity index (χ4n) is 2.88. The average molecular weight is 374 g/mol. The molecular weight excluding hydrogens is 361 g/mol. The van der Waals surface area contributed by atoms with Crippen LogP contribution >= 0.6 is 23.2 Å². The summed E-state index contributed by atoms with van der Waals surface area (Å²) >= 11 is 12.0. The minimum Gasteiger partial charge on any atom is -0.338 e. The van der Waals surface area contributed by atoms with Crippen molar-refractivity contribution in [3.05, 3.63) is 58.0 Å². The Bertz CT molecular complexity index is 955. The Morgan fingerprint density at radius 1 is 1.08 bits per heavy atom. The molecule has 0 unspecified atom stereocenters. The predicted molar refractivity (Wildman–Crippen MR) is 96.2 cm³/mol. The molecule has 0 saturated heterocycles. The average Bonchev–Trinajstić information content (AvgIpc) is 2.99. The Labute approximate surface area is 153 Å². The zero-order valence-corrected chi connectivity index (χ0v) is 14.6. The van der Waals surface area contributed by atoms with Gasteiger partial charge in [-0.2, -0.15) is 0 Å². The number of fused-ring (bicyclic) bond motifs is 1. The number of hydrogen-bond donors (Lipinski definition) is 1. The van der Waals surface area contributed by atoms with E-state index in [2.05, 4.69) is 20.4 Å². The van der Waals surface area contributed by atoms with Gasteiger partial charge < -0.3 is 5.32 Å². The number of nitrogens with zero attached hydrogens (tertiary/aromatic N) is 4. The van der Waals surface area contributed by atoms with Crippen LogP contribution in [0.5, 0.6) is 0 Å². The van der Waals surface area contributed by atoms with E-state index in [1.54, 1.807) is 41.3 Å². The maximum Gasteiger partial charge on any atom is 0.250 e. The number of rotatable bonds is 3. The second-order valence-corrected chi connectivity index (χ2v) is 6.48. The summed E-state index contributed by atoms with van der Waals surface area (Å²) in [6.45, 7) is 0. The van der Waals surface area contributed by atoms with Gasteiger partial charge in [0.1, 0.15) is 0 Å². The van der Waals surface area contributed by atoms with Crippen LogP contribution in [0, 0.1) is 0 Å². The van der Waals surface area contributed by atoms with Crippen LogP contribution in [0.25, 0.3) is 5.95 Å². The van der Waals surface area contributed by atoms with Gasteiger partial charge in [-0.15, -0.1) is 5.10 Å². The Morgan fingerprint density at radius 2 is 1.88 bits per heavy atom. The van der Waals surface area contributed by atoms with Crippen molar-refractivity contribution in [2.45, 2.75) is 19.3 Å². The van der Waals surface area contributed by atoms with Crippen LogP contribution in [0.15, 0.2) is 36.7 Å². The lowest BCUT2D eigenvalue weighted by Gasteiger charge is -2.12. The van der Waals surface area contributed by atoms with Crippen LogP contribution in [0.4, 0.5) is 11.5 Å². The number of carbonyl (C=O) groups is 1. The molecule has 0 radical (unpaired) electrons. The van der Waals surface area contributed by atoms with Crippen molar-refractivity contribution in [1.82, 2.24) is 19.7 Å². The first-order valence-corrected chi connectivity index (χ1v) is 8.53. The highest BCUT2D eigenvalue weighted by molar-refractivity contribution is 6.42. The summed E-state index contributed by atoms with van der Waals surface area (Å²) in [7, 11) is 0. The molecule has 1 N–H and O–H groups in total. The first kappa shape index (κ1) is 16.1. The molecule has 2 heterocycles. The van der Waals surface area contributed by atoms with Crippen molar-refractivity contribution in [3.8, 4) is 5.95 Å². The molecule has 2 aromatic heterocycles. The minimum absolute atomic E-state index is 0.0611. The molecular formula is C17H13Cl2N5O. The molecule has 6 nitrogen and oxygen atoms in total. The van der Waals surface area contributed by atoms with Gasteiger partial charge in [0.05, 0.1) is 21.3 Å². The normalized spacial score (nSPS) is 13.6. The van der Waals surface area contributed by atoms with Crippen molar-refractivity contribution in [2.24, 2.45) is 0 Å². The smallest absolute Gasteiger partial charge is 0.250 e. The van der Waals surface area contributed by atoms with Crippen LogP contribution < -0.4 is 5.32 Å². The van der Waals surface area contributed by atoms with Gasteiger partial charge in [0.2, 0.25) is 0 Å². The summed E-state index contributed by atoms with van der Waals surface area (Å²) in [5, 5.41) is 8.61. The van der Waals surface area contributed by atoms with Crippen molar-refractivity contribution in [1.29, 1.82) is 0 Å². The standard InChI is InChI=1S/C17H13Cl2N5O/c18-11-6-5-10(9-12(11)19)22-16-15-13(3-1-4-14(15)25)24(23-16)17-20-7-2-8-21-17/h2,5-9H,1,3-4H2,(H,22,23). The van der Waals surface area contributed by atoms with Gasteiger partial charge in [0.15, 0.2) is 11.6 Å². The molecule has 1 aromatic carbocycles. The zero-order valence-electron chi connectivity index (χ0n) is 13.0. The quantitative estimate of drug-likeness (QED) is 0.743. The van der Waals surface area contributed by atoms with Crippen molar-refractivity contribution < 1.29 is 4.79 Å². The van der Waals surface area contributed by atoms with Crippen LogP contribution in [-0.2, 0) is 6.42 Å². The number of benzene rings is 1. The fraction of sp³-hybridized carbons (Fsp3) is 0.176. The second-order valence-electron chi connectivity index (χ2n) is 5.66. The summed E-state index contributed by atoms with van der Waals surface area (Å²) < 4.78 is 1.63. The Morgan fingerprint density at radius 3 is 2.64 bits per heavy atom. The number of nitrogens with one attached hydrogen (secondary N) is 1. The van der Waals surface area contributed by atoms with Crippen molar-refractivity contribution >= 4 is 40.5 Å². The molecule has 0 atom stereocenters. The Balaban J connectivity index is 1.81. The van der Waals surface area contributed by atoms with E-state index < -0.39 is 0 Å². The first-order valence-electron chi connectivity index (χ1n) is 7.78. The van der Waals surface area contributed by atoms with E-state index in [9.17, 15) is 4.79 Å². The SMILES string of the molecule is O=C1CCCc2c1c(Nc1ccc(Cl)c(Cl)c1)nn2-c1ncccn1. The summed E-state index contributed by atoms with van der Waals surface area (Å²) in [5.41, 5.74) is 2.11. The molecule has 0 bridgehead atoms. The van der Waals surface area contributed by atoms with Gasteiger partial charge in [0.25, 0.3) is 5.95 Å². The highest BCUT2D eigenvalue weighted by Crippen LogP contribution is 2.32.